The summed E-state index contributed by atoms with van der Waals surface area (Å²) in [6.45, 7) is 1.02. The molecule has 6 nitrogen and oxygen atoms in total. The van der Waals surface area contributed by atoms with Gasteiger partial charge in [-0.15, -0.1) is 0 Å². The molecular formula is C17H17N3O3S. The van der Waals surface area contributed by atoms with Crippen molar-refractivity contribution in [3.63, 3.8) is 0 Å². The summed E-state index contributed by atoms with van der Waals surface area (Å²) in [5, 5.41) is 8.58. The second kappa shape index (κ2) is 7.05. The summed E-state index contributed by atoms with van der Waals surface area (Å²) in [7, 11) is 0. The van der Waals surface area contributed by atoms with Crippen LogP contribution in [-0.2, 0) is 16.0 Å². The van der Waals surface area contributed by atoms with E-state index in [4.69, 9.17) is 5.26 Å². The number of carbonyl (C=O) groups is 3. The fraction of sp³-hybridized carbons (Fsp3) is 0.412. The molecule has 0 aliphatic carbocycles. The van der Waals surface area contributed by atoms with Gasteiger partial charge in [0, 0.05) is 19.5 Å². The largest absolute Gasteiger partial charge is 0.341 e. The third-order valence-corrected chi connectivity index (χ3v) is 5.21. The van der Waals surface area contributed by atoms with Crippen molar-refractivity contribution in [2.24, 2.45) is 0 Å². The summed E-state index contributed by atoms with van der Waals surface area (Å²) >= 11 is 1.03. The van der Waals surface area contributed by atoms with Crippen LogP contribution in [0.2, 0.25) is 0 Å². The smallest absolute Gasteiger partial charge is 0.289 e. The lowest BCUT2D eigenvalue weighted by molar-refractivity contribution is -0.131. The number of carbonyl (C=O) groups excluding carboxylic acids is 3. The number of thioether (sulfide) groups is 1. The van der Waals surface area contributed by atoms with Gasteiger partial charge in [0.1, 0.15) is 0 Å². The first kappa shape index (κ1) is 16.5. The molecular weight excluding hydrogens is 326 g/mol. The van der Waals surface area contributed by atoms with Crippen LogP contribution in [0.1, 0.15) is 24.0 Å². The molecule has 0 radical (unpaired) electrons. The van der Waals surface area contributed by atoms with Crippen molar-refractivity contribution in [1.29, 1.82) is 5.26 Å². The number of amides is 3. The van der Waals surface area contributed by atoms with Gasteiger partial charge >= 0.3 is 0 Å². The standard InChI is InChI=1S/C17H17N3O3S/c18-9-13-3-1-12(2-4-13)5-6-15(21)19-8-7-14(10-19)20-16(22)11-24-17(20)23/h1-4,14H,5-8,10-11H2. The predicted molar refractivity (Wildman–Crippen MR) is 89.2 cm³/mol. The molecule has 2 saturated heterocycles. The molecule has 3 rings (SSSR count). The zero-order valence-electron chi connectivity index (χ0n) is 13.1. The van der Waals surface area contributed by atoms with Gasteiger partial charge in [0.15, 0.2) is 0 Å². The van der Waals surface area contributed by atoms with Crippen molar-refractivity contribution >= 4 is 28.8 Å². The summed E-state index contributed by atoms with van der Waals surface area (Å²) < 4.78 is 0. The second-order valence-electron chi connectivity index (χ2n) is 5.91. The molecule has 0 N–H and O–H groups in total. The molecule has 1 unspecified atom stereocenters. The highest BCUT2D eigenvalue weighted by atomic mass is 32.2. The SMILES string of the molecule is N#Cc1ccc(CCC(=O)N2CCC(N3C(=O)CSC3=O)C2)cc1. The van der Waals surface area contributed by atoms with Crippen LogP contribution in [0.4, 0.5) is 4.79 Å². The van der Waals surface area contributed by atoms with E-state index in [9.17, 15) is 14.4 Å². The molecule has 1 atom stereocenters. The van der Waals surface area contributed by atoms with Crippen LogP contribution in [-0.4, -0.2) is 51.7 Å². The first-order chi connectivity index (χ1) is 11.6. The Bertz CT molecular complexity index is 695. The summed E-state index contributed by atoms with van der Waals surface area (Å²) in [5.41, 5.74) is 1.62. The summed E-state index contributed by atoms with van der Waals surface area (Å²) in [5.74, 6) is 0.0950. The van der Waals surface area contributed by atoms with E-state index >= 15 is 0 Å². The minimum atomic E-state index is -0.197. The first-order valence-electron chi connectivity index (χ1n) is 7.84. The minimum absolute atomic E-state index is 0.0357. The lowest BCUT2D eigenvalue weighted by Gasteiger charge is -2.22. The average molecular weight is 343 g/mol. The molecule has 2 aliphatic heterocycles. The second-order valence-corrected chi connectivity index (χ2v) is 6.84. The summed E-state index contributed by atoms with van der Waals surface area (Å²) in [6, 6.07) is 9.09. The molecule has 0 spiro atoms. The van der Waals surface area contributed by atoms with E-state index in [0.29, 0.717) is 37.9 Å². The van der Waals surface area contributed by atoms with Crippen molar-refractivity contribution in [2.45, 2.75) is 25.3 Å². The molecule has 0 aromatic heterocycles. The van der Waals surface area contributed by atoms with Gasteiger partial charge in [-0.3, -0.25) is 19.3 Å². The van der Waals surface area contributed by atoms with E-state index < -0.39 is 0 Å². The van der Waals surface area contributed by atoms with Crippen LogP contribution in [0.25, 0.3) is 0 Å². The van der Waals surface area contributed by atoms with Crippen molar-refractivity contribution in [3.8, 4) is 6.07 Å². The molecule has 2 heterocycles. The Morgan fingerprint density at radius 2 is 2.04 bits per heavy atom. The highest BCUT2D eigenvalue weighted by molar-refractivity contribution is 8.14. The van der Waals surface area contributed by atoms with Crippen LogP contribution < -0.4 is 0 Å². The van der Waals surface area contributed by atoms with Gasteiger partial charge in [-0.25, -0.2) is 0 Å². The van der Waals surface area contributed by atoms with Crippen LogP contribution in [0.15, 0.2) is 24.3 Å². The molecule has 2 aliphatic rings. The molecule has 1 aromatic carbocycles. The Morgan fingerprint density at radius 3 is 2.67 bits per heavy atom. The molecule has 24 heavy (non-hydrogen) atoms. The monoisotopic (exact) mass is 343 g/mol. The van der Waals surface area contributed by atoms with Gasteiger partial charge in [-0.05, 0) is 30.5 Å². The first-order valence-corrected chi connectivity index (χ1v) is 8.82. The van der Waals surface area contributed by atoms with E-state index in [1.165, 1.54) is 4.90 Å². The van der Waals surface area contributed by atoms with E-state index in [1.807, 2.05) is 12.1 Å². The molecule has 1 aromatic rings. The Labute approximate surface area is 144 Å². The van der Waals surface area contributed by atoms with Crippen molar-refractivity contribution < 1.29 is 14.4 Å². The zero-order valence-corrected chi connectivity index (χ0v) is 13.9. The van der Waals surface area contributed by atoms with Crippen molar-refractivity contribution in [3.05, 3.63) is 35.4 Å². The van der Waals surface area contributed by atoms with E-state index in [-0.39, 0.29) is 28.8 Å². The molecule has 0 bridgehead atoms. The number of hydrogen-bond acceptors (Lipinski definition) is 5. The van der Waals surface area contributed by atoms with Crippen molar-refractivity contribution in [1.82, 2.24) is 9.80 Å². The number of likely N-dealkylation sites (tertiary alicyclic amines) is 1. The fourth-order valence-electron chi connectivity index (χ4n) is 3.05. The maximum atomic E-state index is 12.3. The van der Waals surface area contributed by atoms with Gasteiger partial charge in [-0.2, -0.15) is 5.26 Å². The van der Waals surface area contributed by atoms with E-state index in [1.54, 1.807) is 17.0 Å². The number of nitriles is 1. The fourth-order valence-corrected chi connectivity index (χ4v) is 3.83. The van der Waals surface area contributed by atoms with Gasteiger partial charge < -0.3 is 4.90 Å². The third kappa shape index (κ3) is 3.44. The maximum absolute atomic E-state index is 12.3. The number of benzene rings is 1. The Balaban J connectivity index is 1.52. The third-order valence-electron chi connectivity index (χ3n) is 4.38. The van der Waals surface area contributed by atoms with E-state index in [0.717, 1.165) is 17.3 Å². The van der Waals surface area contributed by atoms with E-state index in [2.05, 4.69) is 6.07 Å². The van der Waals surface area contributed by atoms with Crippen LogP contribution in [0.5, 0.6) is 0 Å². The highest BCUT2D eigenvalue weighted by Crippen LogP contribution is 2.26. The molecule has 7 heteroatoms. The number of imide groups is 1. The van der Waals surface area contributed by atoms with Crippen LogP contribution in [0.3, 0.4) is 0 Å². The Hall–Kier alpha value is -2.33. The zero-order chi connectivity index (χ0) is 17.1. The number of hydrogen-bond donors (Lipinski definition) is 0. The Kier molecular flexibility index (Phi) is 4.86. The normalized spacial score (nSPS) is 20.5. The number of rotatable bonds is 4. The molecule has 124 valence electrons. The maximum Gasteiger partial charge on any atom is 0.289 e. The summed E-state index contributed by atoms with van der Waals surface area (Å²) in [6.07, 6.45) is 1.65. The predicted octanol–water partition coefficient (Wildman–Crippen LogP) is 1.79. The minimum Gasteiger partial charge on any atom is -0.341 e. The van der Waals surface area contributed by atoms with Crippen molar-refractivity contribution in [2.75, 3.05) is 18.8 Å². The highest BCUT2D eigenvalue weighted by Gasteiger charge is 2.39. The lowest BCUT2D eigenvalue weighted by atomic mass is 10.1. The molecule has 0 saturated carbocycles. The average Bonchev–Trinajstić information content (AvgIpc) is 3.20. The quantitative estimate of drug-likeness (QED) is 0.832. The Morgan fingerprint density at radius 1 is 1.29 bits per heavy atom. The van der Waals surface area contributed by atoms with Crippen LogP contribution >= 0.6 is 11.8 Å². The van der Waals surface area contributed by atoms with Gasteiger partial charge in [0.05, 0.1) is 23.4 Å². The van der Waals surface area contributed by atoms with Gasteiger partial charge in [0.25, 0.3) is 5.24 Å². The molecule has 3 amide bonds. The topological polar surface area (TPSA) is 81.5 Å². The summed E-state index contributed by atoms with van der Waals surface area (Å²) in [4.78, 5) is 38.9. The van der Waals surface area contributed by atoms with Gasteiger partial charge in [0.2, 0.25) is 11.8 Å². The van der Waals surface area contributed by atoms with Gasteiger partial charge in [-0.1, -0.05) is 23.9 Å². The van der Waals surface area contributed by atoms with Crippen LogP contribution in [0, 0.1) is 11.3 Å². The lowest BCUT2D eigenvalue weighted by Crippen LogP contribution is -2.41. The number of aryl methyl sites for hydroxylation is 1. The number of nitrogens with zero attached hydrogens (tertiary/aromatic N) is 3. The molecule has 2 fully saturated rings.